The molecule has 1 fully saturated rings. The summed E-state index contributed by atoms with van der Waals surface area (Å²) in [4.78, 5) is 19.2. The van der Waals surface area contributed by atoms with Crippen LogP contribution in [0.25, 0.3) is 0 Å². The predicted molar refractivity (Wildman–Crippen MR) is 138 cm³/mol. The molecule has 8 heteroatoms. The zero-order chi connectivity index (χ0) is 21.6. The molecule has 1 aliphatic rings. The Hall–Kier alpha value is -1.39. The third-order valence-electron chi connectivity index (χ3n) is 5.64. The summed E-state index contributed by atoms with van der Waals surface area (Å²) in [5.74, 6) is 1.23. The Labute approximate surface area is 204 Å². The van der Waals surface area contributed by atoms with Crippen molar-refractivity contribution in [2.45, 2.75) is 46.2 Å². The van der Waals surface area contributed by atoms with Crippen LogP contribution >= 0.6 is 24.0 Å². The van der Waals surface area contributed by atoms with Crippen LogP contribution in [-0.4, -0.2) is 68.7 Å². The van der Waals surface area contributed by atoms with Crippen molar-refractivity contribution in [1.29, 1.82) is 0 Å². The van der Waals surface area contributed by atoms with Gasteiger partial charge in [0.1, 0.15) is 6.54 Å². The largest absolute Gasteiger partial charge is 0.379 e. The number of nitrogens with zero attached hydrogens (tertiary/aromatic N) is 2. The highest BCUT2D eigenvalue weighted by Gasteiger charge is 2.27. The molecule has 1 heterocycles. The topological polar surface area (TPSA) is 78.0 Å². The van der Waals surface area contributed by atoms with E-state index >= 15 is 0 Å². The van der Waals surface area contributed by atoms with E-state index in [1.165, 1.54) is 0 Å². The van der Waals surface area contributed by atoms with Crippen molar-refractivity contribution in [3.63, 3.8) is 0 Å². The molecule has 1 aliphatic heterocycles. The first-order valence-corrected chi connectivity index (χ1v) is 11.3. The summed E-state index contributed by atoms with van der Waals surface area (Å²) in [5.41, 5.74) is 1.08. The lowest BCUT2D eigenvalue weighted by Gasteiger charge is -2.39. The van der Waals surface area contributed by atoms with E-state index in [1.807, 2.05) is 37.3 Å². The highest BCUT2D eigenvalue weighted by Crippen LogP contribution is 2.19. The Bertz CT molecular complexity index is 634. The van der Waals surface area contributed by atoms with E-state index in [1.54, 1.807) is 0 Å². The van der Waals surface area contributed by atoms with Gasteiger partial charge in [-0.05, 0) is 18.4 Å². The molecule has 0 spiro atoms. The van der Waals surface area contributed by atoms with Crippen LogP contribution in [0.3, 0.4) is 0 Å². The summed E-state index contributed by atoms with van der Waals surface area (Å²) < 4.78 is 5.54. The molecule has 0 aromatic heterocycles. The maximum atomic E-state index is 12.2. The number of hydrogen-bond donors (Lipinski definition) is 3. The predicted octanol–water partition coefficient (Wildman–Crippen LogP) is 2.61. The lowest BCUT2D eigenvalue weighted by molar-refractivity contribution is -0.119. The number of guanidine groups is 1. The minimum atomic E-state index is -0.0826. The van der Waals surface area contributed by atoms with Gasteiger partial charge in [-0.3, -0.25) is 9.69 Å². The lowest BCUT2D eigenvalue weighted by atomic mass is 9.92. The first kappa shape index (κ1) is 27.6. The molecule has 1 aromatic carbocycles. The Kier molecular flexibility index (Phi) is 14.5. The third kappa shape index (κ3) is 10.2. The van der Waals surface area contributed by atoms with Crippen molar-refractivity contribution in [2.75, 3.05) is 45.9 Å². The molecule has 0 aliphatic carbocycles. The molecular formula is C23H40IN5O2. The molecule has 0 radical (unpaired) electrons. The maximum absolute atomic E-state index is 12.2. The molecule has 1 aromatic rings. The van der Waals surface area contributed by atoms with E-state index < -0.39 is 0 Å². The van der Waals surface area contributed by atoms with Gasteiger partial charge >= 0.3 is 0 Å². The van der Waals surface area contributed by atoms with E-state index in [4.69, 9.17) is 4.74 Å². The first-order chi connectivity index (χ1) is 14.7. The average molecular weight is 546 g/mol. The molecule has 0 saturated carbocycles. The van der Waals surface area contributed by atoms with Gasteiger partial charge in [-0.1, -0.05) is 57.0 Å². The number of rotatable bonds is 11. The monoisotopic (exact) mass is 545 g/mol. The fourth-order valence-electron chi connectivity index (χ4n) is 3.88. The van der Waals surface area contributed by atoms with E-state index in [2.05, 4.69) is 39.7 Å². The number of benzene rings is 1. The van der Waals surface area contributed by atoms with Crippen LogP contribution in [0, 0.1) is 5.92 Å². The first-order valence-electron chi connectivity index (χ1n) is 11.3. The minimum absolute atomic E-state index is 0. The third-order valence-corrected chi connectivity index (χ3v) is 5.64. The summed E-state index contributed by atoms with van der Waals surface area (Å²) in [7, 11) is 0. The minimum Gasteiger partial charge on any atom is -0.379 e. The van der Waals surface area contributed by atoms with Crippen molar-refractivity contribution < 1.29 is 9.53 Å². The molecule has 0 bridgehead atoms. The average Bonchev–Trinajstić information content (AvgIpc) is 2.80. The van der Waals surface area contributed by atoms with Crippen molar-refractivity contribution in [3.8, 4) is 0 Å². The fraction of sp³-hybridized carbons (Fsp3) is 0.652. The molecule has 1 atom stereocenters. The second kappa shape index (κ2) is 16.3. The zero-order valence-corrected chi connectivity index (χ0v) is 21.6. The van der Waals surface area contributed by atoms with E-state index in [9.17, 15) is 4.79 Å². The smallest absolute Gasteiger partial charge is 0.242 e. The van der Waals surface area contributed by atoms with Crippen LogP contribution in [0.15, 0.2) is 35.3 Å². The summed E-state index contributed by atoms with van der Waals surface area (Å²) >= 11 is 0. The van der Waals surface area contributed by atoms with Gasteiger partial charge in [0.05, 0.1) is 13.2 Å². The molecule has 3 N–H and O–H groups in total. The van der Waals surface area contributed by atoms with Gasteiger partial charge in [-0.25, -0.2) is 4.99 Å². The van der Waals surface area contributed by atoms with Crippen LogP contribution in [-0.2, 0) is 16.1 Å². The molecule has 1 unspecified atom stereocenters. The number of carbonyl (C=O) groups excluding carboxylic acids is 1. The Morgan fingerprint density at radius 1 is 1.06 bits per heavy atom. The van der Waals surface area contributed by atoms with Crippen LogP contribution in [0.5, 0.6) is 0 Å². The standard InChI is InChI=1S/C23H39N5O2.HI/c1-4-20(5-2)21(28-12-14-30-15-13-28)17-26-23(24-6-3)27-18-22(29)25-16-19-10-8-7-9-11-19;/h7-11,20-21H,4-6,12-18H2,1-3H3,(H,25,29)(H2,24,26,27);1H. The molecule has 1 amide bonds. The molecular weight excluding hydrogens is 505 g/mol. The number of ether oxygens (including phenoxy) is 1. The summed E-state index contributed by atoms with van der Waals surface area (Å²) in [5, 5.41) is 9.66. The normalized spacial score (nSPS) is 15.8. The van der Waals surface area contributed by atoms with E-state index in [0.717, 1.165) is 57.8 Å². The van der Waals surface area contributed by atoms with Crippen molar-refractivity contribution in [1.82, 2.24) is 20.9 Å². The number of hydrogen-bond acceptors (Lipinski definition) is 4. The molecule has 31 heavy (non-hydrogen) atoms. The second-order valence-electron chi connectivity index (χ2n) is 7.63. The molecule has 2 rings (SSSR count). The SMILES string of the molecule is CCNC(=NCC(=O)NCc1ccccc1)NCC(C(CC)CC)N1CCOCC1.I. The van der Waals surface area contributed by atoms with Gasteiger partial charge in [0.15, 0.2) is 5.96 Å². The summed E-state index contributed by atoms with van der Waals surface area (Å²) in [6, 6.07) is 10.3. The molecule has 7 nitrogen and oxygen atoms in total. The second-order valence-corrected chi connectivity index (χ2v) is 7.63. The fourth-order valence-corrected chi connectivity index (χ4v) is 3.88. The van der Waals surface area contributed by atoms with Gasteiger partial charge < -0.3 is 20.7 Å². The number of halogens is 1. The molecule has 176 valence electrons. The van der Waals surface area contributed by atoms with Gasteiger partial charge in [0.25, 0.3) is 0 Å². The summed E-state index contributed by atoms with van der Waals surface area (Å²) in [6.45, 7) is 12.3. The zero-order valence-electron chi connectivity index (χ0n) is 19.2. The summed E-state index contributed by atoms with van der Waals surface area (Å²) in [6.07, 6.45) is 2.30. The number of carbonyl (C=O) groups is 1. The number of nitrogens with one attached hydrogen (secondary N) is 3. The highest BCUT2D eigenvalue weighted by molar-refractivity contribution is 14.0. The van der Waals surface area contributed by atoms with Crippen LogP contribution < -0.4 is 16.0 Å². The van der Waals surface area contributed by atoms with Crippen LogP contribution in [0.4, 0.5) is 0 Å². The van der Waals surface area contributed by atoms with E-state index in [0.29, 0.717) is 24.5 Å². The molecule has 1 saturated heterocycles. The Balaban J connectivity index is 0.00000480. The van der Waals surface area contributed by atoms with Crippen LogP contribution in [0.1, 0.15) is 39.2 Å². The van der Waals surface area contributed by atoms with Gasteiger partial charge in [0, 0.05) is 38.8 Å². The van der Waals surface area contributed by atoms with Gasteiger partial charge in [-0.2, -0.15) is 0 Å². The Morgan fingerprint density at radius 3 is 2.35 bits per heavy atom. The number of aliphatic imine (C=N–C) groups is 1. The van der Waals surface area contributed by atoms with Crippen molar-refractivity contribution in [2.24, 2.45) is 10.9 Å². The quantitative estimate of drug-likeness (QED) is 0.227. The van der Waals surface area contributed by atoms with E-state index in [-0.39, 0.29) is 36.4 Å². The number of morpholine rings is 1. The Morgan fingerprint density at radius 2 is 1.74 bits per heavy atom. The van der Waals surface area contributed by atoms with Crippen molar-refractivity contribution >= 4 is 35.8 Å². The maximum Gasteiger partial charge on any atom is 0.242 e. The van der Waals surface area contributed by atoms with Crippen molar-refractivity contribution in [3.05, 3.63) is 35.9 Å². The highest BCUT2D eigenvalue weighted by atomic mass is 127. The van der Waals surface area contributed by atoms with Gasteiger partial charge in [-0.15, -0.1) is 24.0 Å². The number of amides is 1. The lowest BCUT2D eigenvalue weighted by Crippen LogP contribution is -2.53. The van der Waals surface area contributed by atoms with Gasteiger partial charge in [0.2, 0.25) is 5.91 Å². The van der Waals surface area contributed by atoms with Crippen LogP contribution in [0.2, 0.25) is 0 Å².